The third-order valence-electron chi connectivity index (χ3n) is 8.96. The maximum atomic E-state index is 13.6. The Labute approximate surface area is 235 Å². The fraction of sp³-hybridized carbons (Fsp3) is 0.920. The maximum Gasteiger partial charge on any atom is 0.243 e. The number of halogens is 1. The van der Waals surface area contributed by atoms with Crippen LogP contribution in [0.25, 0.3) is 0 Å². The second-order valence-electron chi connectivity index (χ2n) is 11.6. The number of nitrogens with one attached hydrogen (secondary N) is 6. The summed E-state index contributed by atoms with van der Waals surface area (Å²) in [6.07, 6.45) is 1.42. The van der Waals surface area contributed by atoms with Gasteiger partial charge in [-0.2, -0.15) is 0 Å². The van der Waals surface area contributed by atoms with Crippen LogP contribution in [0.3, 0.4) is 0 Å². The van der Waals surface area contributed by atoms with E-state index in [0.717, 1.165) is 19.4 Å². The molecule has 0 saturated carbocycles. The van der Waals surface area contributed by atoms with Gasteiger partial charge in [0.05, 0.1) is 17.5 Å². The molecule has 5 rings (SSSR count). The molecule has 0 aliphatic carbocycles. The molecule has 5 aliphatic heterocycles. The van der Waals surface area contributed by atoms with E-state index in [4.69, 9.17) is 21.1 Å². The highest BCUT2D eigenvalue weighted by Gasteiger charge is 2.48. The molecule has 0 bridgehead atoms. The van der Waals surface area contributed by atoms with Crippen LogP contribution in [0.5, 0.6) is 0 Å². The molecule has 216 valence electrons. The minimum absolute atomic E-state index is 0.0484. The van der Waals surface area contributed by atoms with Gasteiger partial charge in [-0.25, -0.2) is 0 Å². The van der Waals surface area contributed by atoms with Gasteiger partial charge >= 0.3 is 0 Å². The van der Waals surface area contributed by atoms with Crippen LogP contribution in [0, 0.1) is 17.8 Å². The Morgan fingerprint density at radius 2 is 1.76 bits per heavy atom. The summed E-state index contributed by atoms with van der Waals surface area (Å²) in [5, 5.41) is 20.6. The fourth-order valence-electron chi connectivity index (χ4n) is 6.91. The summed E-state index contributed by atoms with van der Waals surface area (Å²) in [6.45, 7) is 7.61. The Bertz CT molecular complexity index is 847. The molecule has 0 aromatic carbocycles. The number of carbonyl (C=O) groups is 2. The van der Waals surface area contributed by atoms with Crippen molar-refractivity contribution >= 4 is 35.2 Å². The number of methoxy groups -OCH3 is 2. The number of likely N-dealkylation sites (tertiary alicyclic amines) is 1. The lowest BCUT2D eigenvalue weighted by Gasteiger charge is -2.45. The predicted molar refractivity (Wildman–Crippen MR) is 148 cm³/mol. The average Bonchev–Trinajstić information content (AvgIpc) is 3.47. The zero-order chi connectivity index (χ0) is 27.0. The first kappa shape index (κ1) is 28.8. The Morgan fingerprint density at radius 1 is 0.947 bits per heavy atom. The van der Waals surface area contributed by atoms with E-state index >= 15 is 0 Å². The highest BCUT2D eigenvalue weighted by molar-refractivity contribution is 8.00. The van der Waals surface area contributed by atoms with Gasteiger partial charge in [-0.3, -0.25) is 25.5 Å². The molecule has 12 atom stereocenters. The van der Waals surface area contributed by atoms with E-state index < -0.39 is 6.04 Å². The molecular weight excluding hydrogens is 530 g/mol. The molecule has 0 radical (unpaired) electrons. The first-order chi connectivity index (χ1) is 18.3. The van der Waals surface area contributed by atoms with Crippen LogP contribution >= 0.6 is 23.4 Å². The van der Waals surface area contributed by atoms with Crippen LogP contribution in [0.15, 0.2) is 0 Å². The molecule has 6 N–H and O–H groups in total. The number of hydrogen-bond acceptors (Lipinski definition) is 10. The second-order valence-corrected chi connectivity index (χ2v) is 13.4. The van der Waals surface area contributed by atoms with E-state index in [1.54, 1.807) is 26.0 Å². The van der Waals surface area contributed by atoms with E-state index in [1.165, 1.54) is 0 Å². The molecule has 38 heavy (non-hydrogen) atoms. The number of piperazine rings is 1. The molecule has 11 nitrogen and oxygen atoms in total. The molecule has 12 unspecified atom stereocenters. The normalized spacial score (nSPS) is 45.6. The van der Waals surface area contributed by atoms with Crippen LogP contribution in [0.1, 0.15) is 26.7 Å². The minimum atomic E-state index is -0.396. The van der Waals surface area contributed by atoms with Crippen LogP contribution in [0.2, 0.25) is 0 Å². The van der Waals surface area contributed by atoms with E-state index in [2.05, 4.69) is 45.7 Å². The lowest BCUT2D eigenvalue weighted by atomic mass is 9.70. The third-order valence-corrected chi connectivity index (χ3v) is 10.6. The summed E-state index contributed by atoms with van der Waals surface area (Å²) in [5.74, 6) is 0.420. The van der Waals surface area contributed by atoms with Crippen molar-refractivity contribution in [2.75, 3.05) is 46.9 Å². The van der Waals surface area contributed by atoms with Crippen molar-refractivity contribution in [2.45, 2.75) is 79.4 Å². The average molecular weight is 574 g/mol. The SMILES string of the molecule is COC1CNC(Cl)CC1C1CC(C)NCC1C(=O)NC1NC2CN(C(=O)C3NCC(C)NC3OC)CC2S1. The number of thioether (sulfide) groups is 1. The minimum Gasteiger partial charge on any atom is -0.380 e. The highest BCUT2D eigenvalue weighted by Crippen LogP contribution is 2.38. The van der Waals surface area contributed by atoms with Gasteiger partial charge in [0.1, 0.15) is 17.8 Å². The smallest absolute Gasteiger partial charge is 0.243 e. The number of amides is 2. The largest absolute Gasteiger partial charge is 0.380 e. The zero-order valence-electron chi connectivity index (χ0n) is 22.7. The van der Waals surface area contributed by atoms with Gasteiger partial charge in [-0.15, -0.1) is 23.4 Å². The number of fused-ring (bicyclic) bond motifs is 1. The summed E-state index contributed by atoms with van der Waals surface area (Å²) >= 11 is 8.19. The first-order valence-corrected chi connectivity index (χ1v) is 15.3. The Hall–Kier alpha value is -0.700. The Kier molecular flexibility index (Phi) is 9.43. The molecule has 13 heteroatoms. The van der Waals surface area contributed by atoms with Gasteiger partial charge in [-0.05, 0) is 38.5 Å². The van der Waals surface area contributed by atoms with Crippen molar-refractivity contribution in [2.24, 2.45) is 17.8 Å². The number of hydrogen-bond donors (Lipinski definition) is 6. The first-order valence-electron chi connectivity index (χ1n) is 13.9. The number of piperidine rings is 2. The van der Waals surface area contributed by atoms with Gasteiger partial charge in [0.15, 0.2) is 0 Å². The fourth-order valence-corrected chi connectivity index (χ4v) is 8.61. The molecule has 5 fully saturated rings. The van der Waals surface area contributed by atoms with Gasteiger partial charge in [0.25, 0.3) is 0 Å². The van der Waals surface area contributed by atoms with Gasteiger partial charge < -0.3 is 30.3 Å². The Morgan fingerprint density at radius 3 is 2.50 bits per heavy atom. The van der Waals surface area contributed by atoms with E-state index in [0.29, 0.717) is 32.2 Å². The van der Waals surface area contributed by atoms with Gasteiger partial charge in [-0.1, -0.05) is 0 Å². The van der Waals surface area contributed by atoms with Crippen molar-refractivity contribution < 1.29 is 19.1 Å². The summed E-state index contributed by atoms with van der Waals surface area (Å²) in [6, 6.07) is 0.344. The lowest BCUT2D eigenvalue weighted by Crippen LogP contribution is -2.65. The van der Waals surface area contributed by atoms with Crippen LogP contribution in [-0.2, 0) is 19.1 Å². The molecule has 2 amide bonds. The summed E-state index contributed by atoms with van der Waals surface area (Å²) in [5.41, 5.74) is -0.261. The monoisotopic (exact) mass is 573 g/mol. The predicted octanol–water partition coefficient (Wildman–Crippen LogP) is -0.972. The Balaban J connectivity index is 1.16. The molecule has 0 spiro atoms. The molecular formula is C25H44ClN7O4S. The van der Waals surface area contributed by atoms with Gasteiger partial charge in [0.2, 0.25) is 11.8 Å². The quantitative estimate of drug-likeness (QED) is 0.174. The third kappa shape index (κ3) is 6.13. The number of alkyl halides is 1. The van der Waals surface area contributed by atoms with E-state index in [-0.39, 0.29) is 70.2 Å². The van der Waals surface area contributed by atoms with Crippen molar-refractivity contribution in [3.63, 3.8) is 0 Å². The number of carbonyl (C=O) groups excluding carboxylic acids is 2. The molecule has 0 aromatic rings. The number of nitrogens with zero attached hydrogens (tertiary/aromatic N) is 1. The lowest BCUT2D eigenvalue weighted by molar-refractivity contribution is -0.138. The van der Waals surface area contributed by atoms with Crippen LogP contribution in [0.4, 0.5) is 0 Å². The zero-order valence-corrected chi connectivity index (χ0v) is 24.3. The van der Waals surface area contributed by atoms with E-state index in [9.17, 15) is 9.59 Å². The van der Waals surface area contributed by atoms with Crippen molar-refractivity contribution in [3.8, 4) is 0 Å². The van der Waals surface area contributed by atoms with Crippen molar-refractivity contribution in [1.29, 1.82) is 0 Å². The maximum absolute atomic E-state index is 13.6. The van der Waals surface area contributed by atoms with Gasteiger partial charge in [0, 0.05) is 70.3 Å². The molecule has 5 aliphatic rings. The molecule has 0 aromatic heterocycles. The van der Waals surface area contributed by atoms with Crippen LogP contribution < -0.4 is 31.9 Å². The summed E-state index contributed by atoms with van der Waals surface area (Å²) in [7, 11) is 3.37. The number of rotatable bonds is 6. The standard InChI is InChI=1S/C25H44ClN7O4S/c1-12-5-14(15-6-20(26)28-9-18(15)36-3)16(8-27-12)22(34)32-25-31-17-10-33(11-19(17)38-25)24(35)21-23(37-4)30-13(2)7-29-21/h12-21,23,25,27-31H,5-11H2,1-4H3,(H,32,34). The second kappa shape index (κ2) is 12.4. The highest BCUT2D eigenvalue weighted by atomic mass is 35.5. The topological polar surface area (TPSA) is 128 Å². The summed E-state index contributed by atoms with van der Waals surface area (Å²) in [4.78, 5) is 28.8. The number of ether oxygens (including phenoxy) is 2. The summed E-state index contributed by atoms with van der Waals surface area (Å²) < 4.78 is 11.3. The molecule has 5 saturated heterocycles. The van der Waals surface area contributed by atoms with Crippen LogP contribution in [-0.4, -0.2) is 116 Å². The van der Waals surface area contributed by atoms with Crippen molar-refractivity contribution in [1.82, 2.24) is 36.8 Å². The molecule has 5 heterocycles. The van der Waals surface area contributed by atoms with E-state index in [1.807, 2.05) is 4.90 Å². The van der Waals surface area contributed by atoms with Crippen molar-refractivity contribution in [3.05, 3.63) is 0 Å².